The number of nitrogens with zero attached hydrogens (tertiary/aromatic N) is 1. The molecule has 1 aliphatic heterocycles. The molecule has 1 fully saturated rings. The van der Waals surface area contributed by atoms with Crippen molar-refractivity contribution in [2.45, 2.75) is 26.0 Å². The van der Waals surface area contributed by atoms with E-state index in [0.29, 0.717) is 17.6 Å². The topological polar surface area (TPSA) is 98.1 Å². The van der Waals surface area contributed by atoms with E-state index in [9.17, 15) is 24.9 Å². The number of imide groups is 1. The third-order valence-corrected chi connectivity index (χ3v) is 6.28. The molecule has 30 heavy (non-hydrogen) atoms. The second-order valence-electron chi connectivity index (χ2n) is 8.11. The van der Waals surface area contributed by atoms with E-state index >= 15 is 0 Å². The highest BCUT2D eigenvalue weighted by atomic mass is 16.3. The third-order valence-electron chi connectivity index (χ3n) is 6.28. The van der Waals surface area contributed by atoms with Gasteiger partial charge in [-0.3, -0.25) is 14.5 Å². The van der Waals surface area contributed by atoms with Gasteiger partial charge in [0.05, 0.1) is 25.0 Å². The summed E-state index contributed by atoms with van der Waals surface area (Å²) >= 11 is 0. The molecule has 0 saturated carbocycles. The minimum atomic E-state index is -1.07. The lowest BCUT2D eigenvalue weighted by atomic mass is 9.68. The summed E-state index contributed by atoms with van der Waals surface area (Å²) in [5, 5.41) is 31.0. The molecule has 3 N–H and O–H groups in total. The summed E-state index contributed by atoms with van der Waals surface area (Å²) in [6.07, 6.45) is -0.705. The van der Waals surface area contributed by atoms with Gasteiger partial charge in [-0.05, 0) is 42.2 Å². The smallest absolute Gasteiger partial charge is 0.234 e. The van der Waals surface area contributed by atoms with E-state index in [0.717, 1.165) is 11.1 Å². The van der Waals surface area contributed by atoms with E-state index in [1.165, 1.54) is 17.0 Å². The average Bonchev–Trinajstić information content (AvgIpc) is 2.97. The molecule has 0 unspecified atom stereocenters. The highest BCUT2D eigenvalue weighted by Crippen LogP contribution is 2.48. The number of phenolic OH excluding ortho intramolecular Hbond substituents is 1. The normalized spacial score (nSPS) is 24.9. The van der Waals surface area contributed by atoms with Crippen LogP contribution in [0.25, 0.3) is 0 Å². The third kappa shape index (κ3) is 3.42. The molecule has 2 aromatic carbocycles. The zero-order chi connectivity index (χ0) is 21.4. The molecule has 6 nitrogen and oxygen atoms in total. The summed E-state index contributed by atoms with van der Waals surface area (Å²) in [6.45, 7) is 1.69. The van der Waals surface area contributed by atoms with Crippen molar-refractivity contribution in [2.75, 3.05) is 6.61 Å². The number of aliphatic hydroxyl groups is 2. The van der Waals surface area contributed by atoms with E-state index in [4.69, 9.17) is 0 Å². The minimum absolute atomic E-state index is 0.0280. The molecule has 0 aromatic heterocycles. The van der Waals surface area contributed by atoms with Crippen LogP contribution in [0.4, 0.5) is 0 Å². The predicted octanol–water partition coefficient (Wildman–Crippen LogP) is 2.56. The Morgan fingerprint density at radius 1 is 1.07 bits per heavy atom. The average molecular weight is 407 g/mol. The Bertz CT molecular complexity index is 1000. The number of aliphatic hydroxyl groups excluding tert-OH is 2. The van der Waals surface area contributed by atoms with Crippen molar-refractivity contribution in [2.24, 2.45) is 17.8 Å². The fourth-order valence-corrected chi connectivity index (χ4v) is 4.88. The first-order valence-corrected chi connectivity index (χ1v) is 10.1. The van der Waals surface area contributed by atoms with Crippen LogP contribution >= 0.6 is 0 Å². The van der Waals surface area contributed by atoms with Crippen LogP contribution in [-0.2, 0) is 16.1 Å². The van der Waals surface area contributed by atoms with E-state index in [1.54, 1.807) is 12.1 Å². The van der Waals surface area contributed by atoms with Crippen LogP contribution in [0.1, 0.15) is 30.6 Å². The molecule has 6 heteroatoms. The van der Waals surface area contributed by atoms with Crippen molar-refractivity contribution in [1.29, 1.82) is 0 Å². The van der Waals surface area contributed by atoms with Crippen LogP contribution in [0, 0.1) is 17.8 Å². The fraction of sp³-hybridized carbons (Fsp3) is 0.333. The number of hydrogen-bond donors (Lipinski definition) is 3. The summed E-state index contributed by atoms with van der Waals surface area (Å²) in [5.41, 5.74) is 2.71. The molecular weight excluding hydrogens is 382 g/mol. The second-order valence-corrected chi connectivity index (χ2v) is 8.11. The first-order valence-electron chi connectivity index (χ1n) is 10.1. The molecule has 4 rings (SSSR count). The number of fused-ring (bicyclic) bond motifs is 1. The quantitative estimate of drug-likeness (QED) is 0.523. The number of aromatic hydroxyl groups is 1. The molecule has 4 atom stereocenters. The molecule has 1 aliphatic carbocycles. The fourth-order valence-electron chi connectivity index (χ4n) is 4.88. The monoisotopic (exact) mass is 407 g/mol. The van der Waals surface area contributed by atoms with E-state index < -0.39 is 23.9 Å². The molecule has 1 saturated heterocycles. The second kappa shape index (κ2) is 8.05. The van der Waals surface area contributed by atoms with Gasteiger partial charge in [0.2, 0.25) is 11.8 Å². The van der Waals surface area contributed by atoms with Crippen LogP contribution < -0.4 is 0 Å². The van der Waals surface area contributed by atoms with Crippen molar-refractivity contribution in [3.05, 3.63) is 76.9 Å². The molecule has 2 aliphatic rings. The predicted molar refractivity (Wildman–Crippen MR) is 110 cm³/mol. The summed E-state index contributed by atoms with van der Waals surface area (Å²) in [7, 11) is 0. The number of carbonyl (C=O) groups excluding carboxylic acids is 2. The Morgan fingerprint density at radius 3 is 2.47 bits per heavy atom. The molecule has 1 heterocycles. The van der Waals surface area contributed by atoms with E-state index in [1.807, 2.05) is 37.3 Å². The van der Waals surface area contributed by atoms with Gasteiger partial charge in [0, 0.05) is 5.92 Å². The molecule has 0 radical (unpaired) electrons. The number of rotatable bonds is 5. The lowest BCUT2D eigenvalue weighted by Gasteiger charge is -2.35. The SMILES string of the molecule is CC1=C([C@H](O)c2cccc(O)c2)[C@H](CO)[C@@H]2C(=O)N(Cc3ccccc3)C(=O)[C@@H]2C1. The molecule has 0 bridgehead atoms. The molecule has 2 amide bonds. The van der Waals surface area contributed by atoms with Crippen LogP contribution in [0.2, 0.25) is 0 Å². The van der Waals surface area contributed by atoms with E-state index in [-0.39, 0.29) is 30.7 Å². The van der Waals surface area contributed by atoms with Crippen LogP contribution in [0.5, 0.6) is 5.75 Å². The first kappa shape index (κ1) is 20.3. The zero-order valence-corrected chi connectivity index (χ0v) is 16.7. The van der Waals surface area contributed by atoms with Gasteiger partial charge in [-0.15, -0.1) is 0 Å². The molecule has 156 valence electrons. The van der Waals surface area contributed by atoms with Gasteiger partial charge >= 0.3 is 0 Å². The van der Waals surface area contributed by atoms with Crippen LogP contribution in [-0.4, -0.2) is 38.6 Å². The highest BCUT2D eigenvalue weighted by Gasteiger charge is 2.54. The van der Waals surface area contributed by atoms with Gasteiger partial charge in [0.1, 0.15) is 11.9 Å². The van der Waals surface area contributed by atoms with E-state index in [2.05, 4.69) is 0 Å². The Kier molecular flexibility index (Phi) is 5.45. The highest BCUT2D eigenvalue weighted by molar-refractivity contribution is 6.05. The maximum Gasteiger partial charge on any atom is 0.234 e. The van der Waals surface area contributed by atoms with Gasteiger partial charge in [-0.25, -0.2) is 0 Å². The molecular formula is C24H25NO5. The first-order chi connectivity index (χ1) is 14.4. The summed E-state index contributed by atoms with van der Waals surface area (Å²) in [6, 6.07) is 15.6. The largest absolute Gasteiger partial charge is 0.508 e. The zero-order valence-electron chi connectivity index (χ0n) is 16.7. The lowest BCUT2D eigenvalue weighted by Crippen LogP contribution is -2.37. The van der Waals surface area contributed by atoms with Crippen molar-refractivity contribution < 1.29 is 24.9 Å². The standard InChI is InChI=1S/C24H25NO5/c1-14-10-18-21(24(30)25(23(18)29)12-15-6-3-2-4-7-15)19(13-26)20(14)22(28)16-8-5-9-17(27)11-16/h2-9,11,18-19,21-22,26-28H,10,12-13H2,1H3/t18-,19+,21-,22-/m1/s1. The maximum atomic E-state index is 13.2. The van der Waals surface area contributed by atoms with Gasteiger partial charge in [-0.1, -0.05) is 48.0 Å². The molecule has 0 spiro atoms. The number of hydrogen-bond acceptors (Lipinski definition) is 5. The number of allylic oxidation sites excluding steroid dienone is 1. The minimum Gasteiger partial charge on any atom is -0.508 e. The molecule has 2 aromatic rings. The summed E-state index contributed by atoms with van der Waals surface area (Å²) in [4.78, 5) is 27.6. The van der Waals surface area contributed by atoms with Crippen LogP contribution in [0.3, 0.4) is 0 Å². The number of carbonyl (C=O) groups is 2. The van der Waals surface area contributed by atoms with Gasteiger partial charge in [0.15, 0.2) is 0 Å². The lowest BCUT2D eigenvalue weighted by molar-refractivity contribution is -0.140. The number of likely N-dealkylation sites (tertiary alicyclic amines) is 1. The number of amides is 2. The van der Waals surface area contributed by atoms with Crippen molar-refractivity contribution in [3.63, 3.8) is 0 Å². The Morgan fingerprint density at radius 2 is 1.80 bits per heavy atom. The maximum absolute atomic E-state index is 13.2. The van der Waals surface area contributed by atoms with Gasteiger partial charge in [0.25, 0.3) is 0 Å². The van der Waals surface area contributed by atoms with Crippen LogP contribution in [0.15, 0.2) is 65.7 Å². The van der Waals surface area contributed by atoms with Crippen molar-refractivity contribution in [1.82, 2.24) is 4.90 Å². The number of phenols is 1. The number of benzene rings is 2. The summed E-state index contributed by atoms with van der Waals surface area (Å²) < 4.78 is 0. The Hall–Kier alpha value is -2.96. The Labute approximate surface area is 175 Å². The van der Waals surface area contributed by atoms with Gasteiger partial charge < -0.3 is 15.3 Å². The van der Waals surface area contributed by atoms with Crippen molar-refractivity contribution in [3.8, 4) is 5.75 Å². The summed E-state index contributed by atoms with van der Waals surface area (Å²) in [5.74, 6) is -2.38. The Balaban J connectivity index is 1.66. The van der Waals surface area contributed by atoms with Gasteiger partial charge in [-0.2, -0.15) is 0 Å². The van der Waals surface area contributed by atoms with Crippen molar-refractivity contribution >= 4 is 11.8 Å².